The third-order valence-electron chi connectivity index (χ3n) is 3.38. The quantitative estimate of drug-likeness (QED) is 0.898. The lowest BCUT2D eigenvalue weighted by atomic mass is 10.0. The highest BCUT2D eigenvalue weighted by Crippen LogP contribution is 2.27. The largest absolute Gasteiger partial charge is 0.370 e. The number of aryl methyl sites for hydroxylation is 1. The lowest BCUT2D eigenvalue weighted by molar-refractivity contribution is 0.518. The molecule has 0 saturated heterocycles. The third-order valence-corrected chi connectivity index (χ3v) is 4.21. The third kappa shape index (κ3) is 3.21. The summed E-state index contributed by atoms with van der Waals surface area (Å²) < 4.78 is 1.08. The Kier molecular flexibility index (Phi) is 4.22. The minimum Gasteiger partial charge on any atom is -0.370 e. The molecule has 2 rings (SSSR count). The lowest BCUT2D eigenvalue weighted by Crippen LogP contribution is -2.07. The number of nitrogens with zero attached hydrogens (tertiary/aromatic N) is 1. The molecule has 0 amide bonds. The van der Waals surface area contributed by atoms with E-state index in [-0.39, 0.29) is 0 Å². The summed E-state index contributed by atoms with van der Waals surface area (Å²) in [5.74, 6) is 1.95. The van der Waals surface area contributed by atoms with Crippen molar-refractivity contribution in [2.45, 2.75) is 39.0 Å². The molecule has 0 unspecified atom stereocenters. The Morgan fingerprint density at radius 2 is 2.19 bits per heavy atom. The molecule has 0 atom stereocenters. The first kappa shape index (κ1) is 11.9. The van der Waals surface area contributed by atoms with Gasteiger partial charge in [0.15, 0.2) is 0 Å². The van der Waals surface area contributed by atoms with Crippen LogP contribution in [-0.2, 0) is 0 Å². The van der Waals surface area contributed by atoms with Gasteiger partial charge in [0, 0.05) is 17.2 Å². The van der Waals surface area contributed by atoms with E-state index in [1.807, 2.05) is 6.20 Å². The van der Waals surface area contributed by atoms with E-state index in [4.69, 9.17) is 0 Å². The van der Waals surface area contributed by atoms with Crippen LogP contribution in [0.5, 0.6) is 0 Å². The molecule has 16 heavy (non-hydrogen) atoms. The molecule has 0 aliphatic heterocycles. The van der Waals surface area contributed by atoms with Crippen LogP contribution >= 0.6 is 15.9 Å². The fraction of sp³-hybridized carbons (Fsp3) is 0.615. The van der Waals surface area contributed by atoms with E-state index in [1.54, 1.807) is 0 Å². The van der Waals surface area contributed by atoms with E-state index in [2.05, 4.69) is 39.2 Å². The molecule has 1 aliphatic carbocycles. The summed E-state index contributed by atoms with van der Waals surface area (Å²) in [4.78, 5) is 4.35. The predicted molar refractivity (Wildman–Crippen MR) is 71.7 cm³/mol. The van der Waals surface area contributed by atoms with Gasteiger partial charge in [0.2, 0.25) is 0 Å². The zero-order valence-corrected chi connectivity index (χ0v) is 11.4. The van der Waals surface area contributed by atoms with Gasteiger partial charge in [-0.25, -0.2) is 4.98 Å². The van der Waals surface area contributed by atoms with Crippen LogP contribution in [0.25, 0.3) is 0 Å². The maximum atomic E-state index is 4.35. The van der Waals surface area contributed by atoms with Crippen molar-refractivity contribution < 1.29 is 0 Å². The summed E-state index contributed by atoms with van der Waals surface area (Å²) in [6.45, 7) is 3.15. The Hall–Kier alpha value is -0.570. The average molecular weight is 283 g/mol. The molecule has 0 aromatic carbocycles. The maximum absolute atomic E-state index is 4.35. The van der Waals surface area contributed by atoms with Crippen LogP contribution in [0.3, 0.4) is 0 Å². The molecule has 1 aromatic heterocycles. The van der Waals surface area contributed by atoms with Crippen LogP contribution in [0.2, 0.25) is 0 Å². The van der Waals surface area contributed by atoms with Crippen LogP contribution in [0.15, 0.2) is 16.7 Å². The molecule has 1 N–H and O–H groups in total. The summed E-state index contributed by atoms with van der Waals surface area (Å²) in [5.41, 5.74) is 1.23. The summed E-state index contributed by atoms with van der Waals surface area (Å²) in [7, 11) is 0. The van der Waals surface area contributed by atoms with Crippen molar-refractivity contribution in [2.24, 2.45) is 5.92 Å². The fourth-order valence-electron chi connectivity index (χ4n) is 2.34. The molecule has 1 aromatic rings. The molecule has 2 nitrogen and oxygen atoms in total. The summed E-state index contributed by atoms with van der Waals surface area (Å²) >= 11 is 3.46. The normalized spacial score (nSPS) is 16.6. The first-order valence-electron chi connectivity index (χ1n) is 6.12. The van der Waals surface area contributed by atoms with Crippen LogP contribution in [0.4, 0.5) is 5.82 Å². The maximum Gasteiger partial charge on any atom is 0.126 e. The summed E-state index contributed by atoms with van der Waals surface area (Å²) in [6.07, 6.45) is 8.87. The molecular formula is C13H19BrN2. The van der Waals surface area contributed by atoms with Gasteiger partial charge < -0.3 is 5.32 Å². The first-order chi connectivity index (χ1) is 7.75. The minimum atomic E-state index is 0.948. The molecular weight excluding hydrogens is 264 g/mol. The second kappa shape index (κ2) is 5.67. The topological polar surface area (TPSA) is 24.9 Å². The highest BCUT2D eigenvalue weighted by Gasteiger charge is 2.14. The van der Waals surface area contributed by atoms with Gasteiger partial charge in [-0.2, -0.15) is 0 Å². The molecule has 0 radical (unpaired) electrons. The van der Waals surface area contributed by atoms with E-state index in [1.165, 1.54) is 37.7 Å². The smallest absolute Gasteiger partial charge is 0.126 e. The van der Waals surface area contributed by atoms with Crippen molar-refractivity contribution >= 4 is 21.7 Å². The highest BCUT2D eigenvalue weighted by atomic mass is 79.9. The predicted octanol–water partition coefficient (Wildman–Crippen LogP) is 4.14. The number of nitrogens with one attached hydrogen (secondary N) is 1. The fourth-order valence-corrected chi connectivity index (χ4v) is 2.56. The lowest BCUT2D eigenvalue weighted by Gasteiger charge is -2.10. The Morgan fingerprint density at radius 3 is 2.88 bits per heavy atom. The Balaban J connectivity index is 1.78. The molecule has 0 spiro atoms. The van der Waals surface area contributed by atoms with Crippen molar-refractivity contribution in [3.8, 4) is 0 Å². The summed E-state index contributed by atoms with van der Waals surface area (Å²) in [5, 5.41) is 3.41. The second-order valence-electron chi connectivity index (χ2n) is 4.68. The number of pyridine rings is 1. The van der Waals surface area contributed by atoms with Crippen molar-refractivity contribution in [2.75, 3.05) is 11.9 Å². The average Bonchev–Trinajstić information content (AvgIpc) is 2.76. The van der Waals surface area contributed by atoms with Crippen LogP contribution < -0.4 is 5.32 Å². The van der Waals surface area contributed by atoms with Crippen molar-refractivity contribution in [1.29, 1.82) is 0 Å². The monoisotopic (exact) mass is 282 g/mol. The molecule has 1 aliphatic rings. The van der Waals surface area contributed by atoms with Crippen molar-refractivity contribution in [3.63, 3.8) is 0 Å². The van der Waals surface area contributed by atoms with Gasteiger partial charge in [-0.15, -0.1) is 0 Å². The van der Waals surface area contributed by atoms with Gasteiger partial charge in [0.1, 0.15) is 5.82 Å². The van der Waals surface area contributed by atoms with Crippen LogP contribution in [0.1, 0.15) is 37.7 Å². The molecule has 1 heterocycles. The van der Waals surface area contributed by atoms with E-state index in [0.29, 0.717) is 0 Å². The Bertz CT molecular complexity index is 346. The standard InChI is InChI=1S/C13H19BrN2/c1-10-8-13(16-9-12(10)14)15-7-6-11-4-2-3-5-11/h8-9,11H,2-7H2,1H3,(H,15,16). The molecule has 0 bridgehead atoms. The zero-order chi connectivity index (χ0) is 11.4. The van der Waals surface area contributed by atoms with Gasteiger partial charge in [-0.1, -0.05) is 25.7 Å². The van der Waals surface area contributed by atoms with Gasteiger partial charge >= 0.3 is 0 Å². The summed E-state index contributed by atoms with van der Waals surface area (Å²) in [6, 6.07) is 2.10. The van der Waals surface area contributed by atoms with Crippen molar-refractivity contribution in [1.82, 2.24) is 4.98 Å². The van der Waals surface area contributed by atoms with E-state index < -0.39 is 0 Å². The molecule has 1 fully saturated rings. The molecule has 1 saturated carbocycles. The van der Waals surface area contributed by atoms with Crippen LogP contribution in [-0.4, -0.2) is 11.5 Å². The zero-order valence-electron chi connectivity index (χ0n) is 9.80. The first-order valence-corrected chi connectivity index (χ1v) is 6.91. The number of hydrogen-bond acceptors (Lipinski definition) is 2. The van der Waals surface area contributed by atoms with Crippen molar-refractivity contribution in [3.05, 3.63) is 22.3 Å². The number of rotatable bonds is 4. The van der Waals surface area contributed by atoms with Gasteiger partial charge in [-0.05, 0) is 46.8 Å². The number of hydrogen-bond donors (Lipinski definition) is 1. The van der Waals surface area contributed by atoms with Gasteiger partial charge in [-0.3, -0.25) is 0 Å². The Morgan fingerprint density at radius 1 is 1.44 bits per heavy atom. The Labute approximate surface area is 106 Å². The van der Waals surface area contributed by atoms with E-state index in [0.717, 1.165) is 22.8 Å². The van der Waals surface area contributed by atoms with Gasteiger partial charge in [0.25, 0.3) is 0 Å². The van der Waals surface area contributed by atoms with Gasteiger partial charge in [0.05, 0.1) is 0 Å². The number of halogens is 1. The highest BCUT2D eigenvalue weighted by molar-refractivity contribution is 9.10. The molecule has 3 heteroatoms. The van der Waals surface area contributed by atoms with E-state index >= 15 is 0 Å². The number of anilines is 1. The number of aromatic nitrogens is 1. The van der Waals surface area contributed by atoms with Crippen LogP contribution in [0, 0.1) is 12.8 Å². The second-order valence-corrected chi connectivity index (χ2v) is 5.54. The minimum absolute atomic E-state index is 0.948. The molecule has 88 valence electrons. The van der Waals surface area contributed by atoms with E-state index in [9.17, 15) is 0 Å². The SMILES string of the molecule is Cc1cc(NCCC2CCCC2)ncc1Br.